The van der Waals surface area contributed by atoms with Crippen LogP contribution >= 0.6 is 0 Å². The van der Waals surface area contributed by atoms with E-state index in [0.29, 0.717) is 16.7 Å². The van der Waals surface area contributed by atoms with E-state index in [4.69, 9.17) is 4.74 Å². The van der Waals surface area contributed by atoms with Crippen LogP contribution in [0.15, 0.2) is 23.8 Å². The summed E-state index contributed by atoms with van der Waals surface area (Å²) in [7, 11) is 0. The first-order chi connectivity index (χ1) is 17.0. The zero-order valence-corrected chi connectivity index (χ0v) is 24.8. The number of allylic oxidation sites excluding steroid dienone is 3. The number of hydrogen-bond acceptors (Lipinski definition) is 2. The van der Waals surface area contributed by atoms with Crippen molar-refractivity contribution in [2.24, 2.45) is 58.2 Å². The molecule has 0 N–H and O–H groups in total. The summed E-state index contributed by atoms with van der Waals surface area (Å²) in [5.74, 6) is 5.53. The Labute approximate surface area is 223 Å². The van der Waals surface area contributed by atoms with E-state index in [1.165, 1.54) is 44.9 Å². The highest BCUT2D eigenvalue weighted by molar-refractivity contribution is 5.72. The van der Waals surface area contributed by atoms with Gasteiger partial charge in [0.25, 0.3) is 0 Å². The molecule has 36 heavy (non-hydrogen) atoms. The molecule has 0 spiro atoms. The minimum atomic E-state index is 0.00707. The standard InChI is InChI=1S/C34H56O2/c1-9-23(5)32(35)36-27-17-19-33(7)26(21-27)13-14-28-30-16-15-29(34(30,8)20-18-31(28)33)24(6)11-12-25(10-2)22(3)4/h11-13,22-25,27-31H,9-10,14-21H2,1-8H3. The maximum Gasteiger partial charge on any atom is 0.308 e. The van der Waals surface area contributed by atoms with Gasteiger partial charge in [-0.15, -0.1) is 0 Å². The van der Waals surface area contributed by atoms with Crippen molar-refractivity contribution in [2.45, 2.75) is 126 Å². The van der Waals surface area contributed by atoms with Crippen molar-refractivity contribution in [3.63, 3.8) is 0 Å². The van der Waals surface area contributed by atoms with Gasteiger partial charge in [-0.05, 0) is 110 Å². The second-order valence-corrected chi connectivity index (χ2v) is 14.2. The number of esters is 1. The van der Waals surface area contributed by atoms with Crippen molar-refractivity contribution in [1.29, 1.82) is 0 Å². The van der Waals surface area contributed by atoms with Gasteiger partial charge in [0.2, 0.25) is 0 Å². The highest BCUT2D eigenvalue weighted by Crippen LogP contribution is 2.67. The Morgan fingerprint density at radius 1 is 1.00 bits per heavy atom. The SMILES string of the molecule is CCC(C)C(=O)OC1CCC2(C)C(=CCC3C2CCC2(C)C(C(C)C=CC(CC)C(C)C)CCC32)C1. The molecule has 10 atom stereocenters. The van der Waals surface area contributed by atoms with Gasteiger partial charge in [0.15, 0.2) is 0 Å². The van der Waals surface area contributed by atoms with Crippen molar-refractivity contribution < 1.29 is 9.53 Å². The molecule has 0 amide bonds. The van der Waals surface area contributed by atoms with Gasteiger partial charge in [0.1, 0.15) is 6.10 Å². The molecular weight excluding hydrogens is 440 g/mol. The fourth-order valence-corrected chi connectivity index (χ4v) is 9.36. The van der Waals surface area contributed by atoms with Gasteiger partial charge in [-0.3, -0.25) is 4.79 Å². The van der Waals surface area contributed by atoms with Gasteiger partial charge in [0, 0.05) is 6.42 Å². The topological polar surface area (TPSA) is 26.3 Å². The zero-order chi connectivity index (χ0) is 26.3. The van der Waals surface area contributed by atoms with Crippen LogP contribution in [0, 0.1) is 58.2 Å². The lowest BCUT2D eigenvalue weighted by Crippen LogP contribution is -2.51. The number of carbonyl (C=O) groups excluding carboxylic acids is 1. The Balaban J connectivity index is 1.46. The summed E-state index contributed by atoms with van der Waals surface area (Å²) in [5.41, 5.74) is 2.43. The van der Waals surface area contributed by atoms with Crippen LogP contribution in [-0.4, -0.2) is 12.1 Å². The van der Waals surface area contributed by atoms with Crippen LogP contribution < -0.4 is 0 Å². The molecule has 3 saturated carbocycles. The van der Waals surface area contributed by atoms with E-state index in [1.54, 1.807) is 5.57 Å². The normalized spacial score (nSPS) is 40.7. The Hall–Kier alpha value is -1.05. The number of rotatable bonds is 8. The molecule has 0 saturated heterocycles. The van der Waals surface area contributed by atoms with Gasteiger partial charge in [-0.2, -0.15) is 0 Å². The summed E-state index contributed by atoms with van der Waals surface area (Å²) in [6.45, 7) is 18.9. The fraction of sp³-hybridized carbons (Fsp3) is 0.853. The molecule has 4 aliphatic rings. The molecule has 2 heteroatoms. The van der Waals surface area contributed by atoms with Crippen molar-refractivity contribution >= 4 is 5.97 Å². The highest BCUT2D eigenvalue weighted by atomic mass is 16.5. The smallest absolute Gasteiger partial charge is 0.308 e. The third kappa shape index (κ3) is 5.01. The molecule has 0 aromatic carbocycles. The molecule has 0 aliphatic heterocycles. The second-order valence-electron chi connectivity index (χ2n) is 14.2. The van der Waals surface area contributed by atoms with Gasteiger partial charge < -0.3 is 4.74 Å². The largest absolute Gasteiger partial charge is 0.462 e. The average Bonchev–Trinajstić information content (AvgIpc) is 3.21. The maximum atomic E-state index is 12.4. The third-order valence-corrected chi connectivity index (χ3v) is 12.1. The van der Waals surface area contributed by atoms with Gasteiger partial charge in [0.05, 0.1) is 5.92 Å². The van der Waals surface area contributed by atoms with Crippen LogP contribution in [0.3, 0.4) is 0 Å². The second kappa shape index (κ2) is 11.0. The van der Waals surface area contributed by atoms with Crippen molar-refractivity contribution in [3.8, 4) is 0 Å². The fourth-order valence-electron chi connectivity index (χ4n) is 9.36. The maximum absolute atomic E-state index is 12.4. The lowest BCUT2D eigenvalue weighted by atomic mass is 9.47. The van der Waals surface area contributed by atoms with Crippen molar-refractivity contribution in [1.82, 2.24) is 0 Å². The summed E-state index contributed by atoms with van der Waals surface area (Å²) in [4.78, 5) is 12.4. The number of hydrogen-bond donors (Lipinski definition) is 0. The summed E-state index contributed by atoms with van der Waals surface area (Å²) < 4.78 is 5.98. The molecule has 0 radical (unpaired) electrons. The molecule has 0 heterocycles. The predicted molar refractivity (Wildman–Crippen MR) is 151 cm³/mol. The van der Waals surface area contributed by atoms with Crippen molar-refractivity contribution in [2.75, 3.05) is 0 Å². The quantitative estimate of drug-likeness (QED) is 0.247. The molecular formula is C34H56O2. The Morgan fingerprint density at radius 3 is 2.42 bits per heavy atom. The molecule has 4 aliphatic carbocycles. The van der Waals surface area contributed by atoms with E-state index in [1.807, 2.05) is 6.92 Å². The predicted octanol–water partition coefficient (Wildman–Crippen LogP) is 9.40. The number of carbonyl (C=O) groups is 1. The lowest BCUT2D eigenvalue weighted by molar-refractivity contribution is -0.156. The van der Waals surface area contributed by atoms with E-state index in [-0.39, 0.29) is 18.0 Å². The van der Waals surface area contributed by atoms with Crippen LogP contribution in [-0.2, 0) is 9.53 Å². The summed E-state index contributed by atoms with van der Waals surface area (Å²) >= 11 is 0. The van der Waals surface area contributed by atoms with E-state index in [2.05, 4.69) is 66.7 Å². The van der Waals surface area contributed by atoms with E-state index in [9.17, 15) is 4.79 Å². The van der Waals surface area contributed by atoms with E-state index >= 15 is 0 Å². The third-order valence-electron chi connectivity index (χ3n) is 12.1. The Kier molecular flexibility index (Phi) is 8.53. The zero-order valence-electron chi connectivity index (χ0n) is 24.8. The summed E-state index contributed by atoms with van der Waals surface area (Å²) in [5, 5.41) is 0. The highest BCUT2D eigenvalue weighted by Gasteiger charge is 2.59. The van der Waals surface area contributed by atoms with E-state index < -0.39 is 0 Å². The first kappa shape index (κ1) is 28.0. The average molecular weight is 497 g/mol. The minimum Gasteiger partial charge on any atom is -0.462 e. The Bertz CT molecular complexity index is 838. The molecule has 204 valence electrons. The lowest BCUT2D eigenvalue weighted by Gasteiger charge is -2.58. The van der Waals surface area contributed by atoms with E-state index in [0.717, 1.165) is 54.8 Å². The first-order valence-electron chi connectivity index (χ1n) is 15.6. The molecule has 10 unspecified atom stereocenters. The van der Waals surface area contributed by atoms with Crippen LogP contribution in [0.2, 0.25) is 0 Å². The van der Waals surface area contributed by atoms with Crippen LogP contribution in [0.25, 0.3) is 0 Å². The van der Waals surface area contributed by atoms with Crippen LogP contribution in [0.1, 0.15) is 120 Å². The van der Waals surface area contributed by atoms with Gasteiger partial charge in [-0.25, -0.2) is 0 Å². The molecule has 2 nitrogen and oxygen atoms in total. The Morgan fingerprint density at radius 2 is 1.75 bits per heavy atom. The summed E-state index contributed by atoms with van der Waals surface area (Å²) in [6, 6.07) is 0. The number of fused-ring (bicyclic) bond motifs is 5. The van der Waals surface area contributed by atoms with Crippen LogP contribution in [0.5, 0.6) is 0 Å². The summed E-state index contributed by atoms with van der Waals surface area (Å²) in [6.07, 6.45) is 20.1. The minimum absolute atomic E-state index is 0.00707. The molecule has 4 rings (SSSR count). The molecule has 0 bridgehead atoms. The van der Waals surface area contributed by atoms with Crippen molar-refractivity contribution in [3.05, 3.63) is 23.8 Å². The van der Waals surface area contributed by atoms with Crippen LogP contribution in [0.4, 0.5) is 0 Å². The van der Waals surface area contributed by atoms with Gasteiger partial charge >= 0.3 is 5.97 Å². The van der Waals surface area contributed by atoms with Gasteiger partial charge in [-0.1, -0.05) is 79.2 Å². The molecule has 0 aromatic rings. The first-order valence-corrected chi connectivity index (χ1v) is 15.6. The molecule has 0 aromatic heterocycles. The monoisotopic (exact) mass is 496 g/mol. The molecule has 3 fully saturated rings. The number of ether oxygens (including phenoxy) is 1.